The topological polar surface area (TPSA) is 102 Å². The zero-order chi connectivity index (χ0) is 11.5. The molecule has 1 rings (SSSR count). The van der Waals surface area contributed by atoms with E-state index in [1.807, 2.05) is 0 Å². The van der Waals surface area contributed by atoms with Crippen molar-refractivity contribution in [1.82, 2.24) is 9.71 Å². The number of pyridine rings is 1. The minimum Gasteiger partial charge on any atom is -0.368 e. The molecule has 1 heterocycles. The molecule has 1 amide bonds. The lowest BCUT2D eigenvalue weighted by Crippen LogP contribution is -2.42. The zero-order valence-corrected chi connectivity index (χ0v) is 8.86. The lowest BCUT2D eigenvalue weighted by molar-refractivity contribution is -0.119. The monoisotopic (exact) mass is 229 g/mol. The van der Waals surface area contributed by atoms with E-state index in [0.717, 1.165) is 0 Å². The number of rotatable bonds is 4. The van der Waals surface area contributed by atoms with Crippen LogP contribution in [0.4, 0.5) is 0 Å². The fourth-order valence-corrected chi connectivity index (χ4v) is 2.04. The molecule has 0 aromatic carbocycles. The van der Waals surface area contributed by atoms with Crippen molar-refractivity contribution in [1.29, 1.82) is 0 Å². The molecule has 82 valence electrons. The summed E-state index contributed by atoms with van der Waals surface area (Å²) in [6.45, 7) is 1.37. The Labute approximate surface area is 87.6 Å². The highest BCUT2D eigenvalue weighted by molar-refractivity contribution is 7.89. The van der Waals surface area contributed by atoms with E-state index in [4.69, 9.17) is 5.73 Å². The third-order valence-electron chi connectivity index (χ3n) is 1.70. The van der Waals surface area contributed by atoms with E-state index >= 15 is 0 Å². The van der Waals surface area contributed by atoms with Gasteiger partial charge in [-0.25, -0.2) is 8.42 Å². The molecule has 1 unspecified atom stereocenters. The van der Waals surface area contributed by atoms with Crippen LogP contribution in [0.2, 0.25) is 0 Å². The SMILES string of the molecule is CC(NS(=O)(=O)c1cccnc1)C(N)=O. The van der Waals surface area contributed by atoms with Gasteiger partial charge in [0.2, 0.25) is 15.9 Å². The Balaban J connectivity index is 2.91. The minimum absolute atomic E-state index is 0.00176. The number of aromatic nitrogens is 1. The predicted molar refractivity (Wildman–Crippen MR) is 53.2 cm³/mol. The Morgan fingerprint density at radius 1 is 1.60 bits per heavy atom. The van der Waals surface area contributed by atoms with Gasteiger partial charge in [-0.05, 0) is 19.1 Å². The maximum Gasteiger partial charge on any atom is 0.242 e. The molecule has 1 atom stereocenters. The fourth-order valence-electron chi connectivity index (χ4n) is 0.865. The maximum atomic E-state index is 11.6. The van der Waals surface area contributed by atoms with Crippen molar-refractivity contribution in [3.63, 3.8) is 0 Å². The quantitative estimate of drug-likeness (QED) is 0.708. The maximum absolute atomic E-state index is 11.6. The summed E-state index contributed by atoms with van der Waals surface area (Å²) in [5, 5.41) is 0. The summed E-state index contributed by atoms with van der Waals surface area (Å²) in [7, 11) is -3.72. The van der Waals surface area contributed by atoms with Gasteiger partial charge in [0.15, 0.2) is 0 Å². The number of primary amides is 1. The van der Waals surface area contributed by atoms with Gasteiger partial charge in [-0.1, -0.05) is 0 Å². The van der Waals surface area contributed by atoms with Crippen molar-refractivity contribution in [2.45, 2.75) is 17.9 Å². The van der Waals surface area contributed by atoms with Gasteiger partial charge in [0, 0.05) is 12.4 Å². The molecule has 1 aromatic heterocycles. The molecular weight excluding hydrogens is 218 g/mol. The number of sulfonamides is 1. The van der Waals surface area contributed by atoms with E-state index < -0.39 is 22.0 Å². The molecule has 0 aliphatic carbocycles. The number of amides is 1. The standard InChI is InChI=1S/C8H11N3O3S/c1-6(8(9)12)11-15(13,14)7-3-2-4-10-5-7/h2-6,11H,1H3,(H2,9,12). The van der Waals surface area contributed by atoms with E-state index in [-0.39, 0.29) is 4.90 Å². The molecule has 0 bridgehead atoms. The molecule has 0 fully saturated rings. The molecule has 7 heteroatoms. The van der Waals surface area contributed by atoms with Crippen LogP contribution in [0, 0.1) is 0 Å². The second-order valence-corrected chi connectivity index (χ2v) is 4.65. The van der Waals surface area contributed by atoms with Gasteiger partial charge in [0.25, 0.3) is 0 Å². The van der Waals surface area contributed by atoms with E-state index in [1.54, 1.807) is 0 Å². The van der Waals surface area contributed by atoms with Crippen molar-refractivity contribution >= 4 is 15.9 Å². The Bertz CT molecular complexity index is 443. The van der Waals surface area contributed by atoms with Gasteiger partial charge in [0.05, 0.1) is 6.04 Å². The second-order valence-electron chi connectivity index (χ2n) is 2.93. The van der Waals surface area contributed by atoms with Crippen LogP contribution >= 0.6 is 0 Å². The zero-order valence-electron chi connectivity index (χ0n) is 8.04. The number of nitrogens with two attached hydrogens (primary N) is 1. The van der Waals surface area contributed by atoms with Crippen LogP contribution in [0.25, 0.3) is 0 Å². The van der Waals surface area contributed by atoms with Crippen LogP contribution < -0.4 is 10.5 Å². The van der Waals surface area contributed by atoms with Crippen molar-refractivity contribution in [3.05, 3.63) is 24.5 Å². The highest BCUT2D eigenvalue weighted by Crippen LogP contribution is 2.05. The van der Waals surface area contributed by atoms with Crippen LogP contribution in [0.15, 0.2) is 29.4 Å². The van der Waals surface area contributed by atoms with Crippen LogP contribution in [0.3, 0.4) is 0 Å². The summed E-state index contributed by atoms with van der Waals surface area (Å²) in [5.74, 6) is -0.734. The summed E-state index contributed by atoms with van der Waals surface area (Å²) in [6, 6.07) is 1.92. The molecule has 0 saturated heterocycles. The van der Waals surface area contributed by atoms with Crippen molar-refractivity contribution < 1.29 is 13.2 Å². The Morgan fingerprint density at radius 3 is 2.73 bits per heavy atom. The summed E-state index contributed by atoms with van der Waals surface area (Å²) in [4.78, 5) is 14.4. The predicted octanol–water partition coefficient (Wildman–Crippen LogP) is -0.766. The fraction of sp³-hybridized carbons (Fsp3) is 0.250. The van der Waals surface area contributed by atoms with Crippen LogP contribution in [0.5, 0.6) is 0 Å². The molecule has 0 spiro atoms. The van der Waals surface area contributed by atoms with Gasteiger partial charge in [-0.2, -0.15) is 4.72 Å². The van der Waals surface area contributed by atoms with E-state index in [2.05, 4.69) is 9.71 Å². The molecule has 0 aliphatic rings. The largest absolute Gasteiger partial charge is 0.368 e. The first-order valence-corrected chi connectivity index (χ1v) is 5.63. The number of hydrogen-bond acceptors (Lipinski definition) is 4. The highest BCUT2D eigenvalue weighted by atomic mass is 32.2. The molecule has 1 aromatic rings. The molecule has 6 nitrogen and oxygen atoms in total. The molecule has 3 N–H and O–H groups in total. The molecule has 0 saturated carbocycles. The number of carbonyl (C=O) groups is 1. The summed E-state index contributed by atoms with van der Waals surface area (Å²) < 4.78 is 25.3. The Morgan fingerprint density at radius 2 is 2.27 bits per heavy atom. The van der Waals surface area contributed by atoms with Gasteiger partial charge in [-0.3, -0.25) is 9.78 Å². The summed E-state index contributed by atoms with van der Waals surface area (Å²) in [6.07, 6.45) is 2.65. The van der Waals surface area contributed by atoms with Crippen LogP contribution in [-0.4, -0.2) is 25.4 Å². The second kappa shape index (κ2) is 4.37. The van der Waals surface area contributed by atoms with Crippen LogP contribution in [-0.2, 0) is 14.8 Å². The summed E-state index contributed by atoms with van der Waals surface area (Å²) in [5.41, 5.74) is 4.94. The average Bonchev–Trinajstić information content (AvgIpc) is 2.18. The smallest absolute Gasteiger partial charge is 0.242 e. The Hall–Kier alpha value is -1.47. The van der Waals surface area contributed by atoms with Gasteiger partial charge in [0.1, 0.15) is 4.90 Å². The number of carbonyl (C=O) groups excluding carboxylic acids is 1. The minimum atomic E-state index is -3.72. The Kier molecular flexibility index (Phi) is 3.38. The molecule has 15 heavy (non-hydrogen) atoms. The number of hydrogen-bond donors (Lipinski definition) is 2. The van der Waals surface area contributed by atoms with Crippen molar-refractivity contribution in [2.75, 3.05) is 0 Å². The van der Waals surface area contributed by atoms with Gasteiger partial charge >= 0.3 is 0 Å². The average molecular weight is 229 g/mol. The van der Waals surface area contributed by atoms with E-state index in [1.165, 1.54) is 31.5 Å². The normalized spacial score (nSPS) is 13.4. The first-order chi connectivity index (χ1) is 6.93. The first kappa shape index (κ1) is 11.6. The third-order valence-corrected chi connectivity index (χ3v) is 3.23. The lowest BCUT2D eigenvalue weighted by atomic mass is 10.4. The molecule has 0 aliphatic heterocycles. The van der Waals surface area contributed by atoms with E-state index in [0.29, 0.717) is 0 Å². The lowest BCUT2D eigenvalue weighted by Gasteiger charge is -2.10. The number of nitrogens with zero attached hydrogens (tertiary/aromatic N) is 1. The third kappa shape index (κ3) is 3.00. The number of nitrogens with one attached hydrogen (secondary N) is 1. The van der Waals surface area contributed by atoms with Gasteiger partial charge in [-0.15, -0.1) is 0 Å². The van der Waals surface area contributed by atoms with Gasteiger partial charge < -0.3 is 5.73 Å². The van der Waals surface area contributed by atoms with E-state index in [9.17, 15) is 13.2 Å². The molecular formula is C8H11N3O3S. The molecule has 0 radical (unpaired) electrons. The van der Waals surface area contributed by atoms with Crippen molar-refractivity contribution in [3.8, 4) is 0 Å². The highest BCUT2D eigenvalue weighted by Gasteiger charge is 2.19. The first-order valence-electron chi connectivity index (χ1n) is 4.15. The van der Waals surface area contributed by atoms with Crippen molar-refractivity contribution in [2.24, 2.45) is 5.73 Å². The van der Waals surface area contributed by atoms with Crippen LogP contribution in [0.1, 0.15) is 6.92 Å². The summed E-state index contributed by atoms with van der Waals surface area (Å²) >= 11 is 0.